The summed E-state index contributed by atoms with van der Waals surface area (Å²) in [6, 6.07) is 7.80. The molecule has 22 heavy (non-hydrogen) atoms. The van der Waals surface area contributed by atoms with Gasteiger partial charge in [0, 0.05) is 20.6 Å². The van der Waals surface area contributed by atoms with Crippen molar-refractivity contribution in [2.45, 2.75) is 39.4 Å². The normalized spacial score (nSPS) is 9.91. The molecule has 0 atom stereocenters. The van der Waals surface area contributed by atoms with Crippen molar-refractivity contribution in [2.24, 2.45) is 0 Å². The van der Waals surface area contributed by atoms with E-state index in [-0.39, 0.29) is 17.9 Å². The molecule has 0 amide bonds. The quantitative estimate of drug-likeness (QED) is 0.691. The Labute approximate surface area is 132 Å². The van der Waals surface area contributed by atoms with Gasteiger partial charge in [-0.1, -0.05) is 12.1 Å². The maximum absolute atomic E-state index is 10.7. The molecule has 1 aromatic rings. The van der Waals surface area contributed by atoms with Gasteiger partial charge in [0.05, 0.1) is 13.5 Å². The number of carbonyl (C=O) groups excluding carboxylic acids is 2. The largest absolute Gasteiger partial charge is 0.497 e. The number of hydrogen-bond acceptors (Lipinski definition) is 5. The van der Waals surface area contributed by atoms with Gasteiger partial charge in [-0.3, -0.25) is 4.79 Å². The average Bonchev–Trinajstić information content (AvgIpc) is 2.51. The van der Waals surface area contributed by atoms with Crippen molar-refractivity contribution in [3.05, 3.63) is 29.8 Å². The van der Waals surface area contributed by atoms with Crippen LogP contribution in [0.15, 0.2) is 24.3 Å². The molecule has 5 heteroatoms. The van der Waals surface area contributed by atoms with Gasteiger partial charge < -0.3 is 19.0 Å². The minimum atomic E-state index is -0.373. The van der Waals surface area contributed by atoms with Gasteiger partial charge in [-0.25, -0.2) is 0 Å². The Morgan fingerprint density at radius 3 is 1.82 bits per heavy atom. The molecule has 0 fully saturated rings. The molecule has 0 unspecified atom stereocenters. The Balaban J connectivity index is 0.000000433. The number of rotatable bonds is 8. The Morgan fingerprint density at radius 1 is 0.955 bits per heavy atom. The van der Waals surface area contributed by atoms with Crippen molar-refractivity contribution in [2.75, 3.05) is 21.3 Å². The molecule has 1 rings (SSSR count). The summed E-state index contributed by atoms with van der Waals surface area (Å²) in [7, 11) is 4.67. The average molecular weight is 310 g/mol. The second-order valence-corrected chi connectivity index (χ2v) is 4.86. The molecule has 5 nitrogen and oxygen atoms in total. The summed E-state index contributed by atoms with van der Waals surface area (Å²) in [6.07, 6.45) is 1.39. The van der Waals surface area contributed by atoms with Crippen molar-refractivity contribution in [1.82, 2.24) is 0 Å². The molecule has 0 aliphatic rings. The molecule has 0 saturated carbocycles. The van der Waals surface area contributed by atoms with Crippen molar-refractivity contribution < 1.29 is 23.8 Å². The molecule has 0 bridgehead atoms. The highest BCUT2D eigenvalue weighted by Gasteiger charge is 2.06. The minimum Gasteiger partial charge on any atom is -0.497 e. The Hall–Kier alpha value is -1.72. The number of methoxy groups -OCH3 is 3. The van der Waals surface area contributed by atoms with E-state index in [0.717, 1.165) is 12.2 Å². The van der Waals surface area contributed by atoms with Gasteiger partial charge in [-0.2, -0.15) is 0 Å². The molecule has 0 aliphatic heterocycles. The molecule has 0 heterocycles. The van der Waals surface area contributed by atoms with Gasteiger partial charge in [0.15, 0.2) is 6.29 Å². The number of Topliss-reactive ketones (excluding diaryl/α,β-unsaturated/α-hetero) is 2. The van der Waals surface area contributed by atoms with Crippen molar-refractivity contribution >= 4 is 11.6 Å². The number of carbonyl (C=O) groups is 2. The molecular formula is C17H26O5. The first-order chi connectivity index (χ1) is 10.4. The summed E-state index contributed by atoms with van der Waals surface area (Å²) in [4.78, 5) is 21.1. The third-order valence-electron chi connectivity index (χ3n) is 2.90. The zero-order valence-electron chi connectivity index (χ0n) is 14.0. The van der Waals surface area contributed by atoms with E-state index in [4.69, 9.17) is 14.2 Å². The van der Waals surface area contributed by atoms with E-state index in [0.29, 0.717) is 12.8 Å². The van der Waals surface area contributed by atoms with E-state index in [1.165, 1.54) is 26.7 Å². The number of aryl methyl sites for hydroxylation is 1. The zero-order chi connectivity index (χ0) is 17.0. The zero-order valence-corrected chi connectivity index (χ0v) is 14.0. The SMILES string of the molecule is COC(CC(C)=O)OC.COc1ccc(CCC(C)=O)cc1. The lowest BCUT2D eigenvalue weighted by Gasteiger charge is -2.09. The molecule has 0 aromatic heterocycles. The summed E-state index contributed by atoms with van der Waals surface area (Å²) < 4.78 is 14.6. The Kier molecular flexibility index (Phi) is 11.0. The van der Waals surface area contributed by atoms with Crippen molar-refractivity contribution in [3.8, 4) is 5.75 Å². The van der Waals surface area contributed by atoms with Crippen LogP contribution in [0.25, 0.3) is 0 Å². The lowest BCUT2D eigenvalue weighted by atomic mass is 10.1. The van der Waals surface area contributed by atoms with E-state index < -0.39 is 0 Å². The highest BCUT2D eigenvalue weighted by Crippen LogP contribution is 2.12. The molecular weight excluding hydrogens is 284 g/mol. The number of benzene rings is 1. The van der Waals surface area contributed by atoms with Crippen LogP contribution >= 0.6 is 0 Å². The molecule has 0 radical (unpaired) electrons. The van der Waals surface area contributed by atoms with E-state index in [9.17, 15) is 9.59 Å². The molecule has 0 spiro atoms. The molecule has 0 saturated heterocycles. The third-order valence-corrected chi connectivity index (χ3v) is 2.90. The monoisotopic (exact) mass is 310 g/mol. The van der Waals surface area contributed by atoms with Gasteiger partial charge in [-0.15, -0.1) is 0 Å². The topological polar surface area (TPSA) is 61.8 Å². The standard InChI is InChI=1S/C11H14O2.C6H12O3/c1-9(12)3-4-10-5-7-11(13-2)8-6-10;1-5(7)4-6(8-2)9-3/h5-8H,3-4H2,1-2H3;6H,4H2,1-3H3. The van der Waals surface area contributed by atoms with Gasteiger partial charge >= 0.3 is 0 Å². The van der Waals surface area contributed by atoms with Gasteiger partial charge in [-0.05, 0) is 38.0 Å². The summed E-state index contributed by atoms with van der Waals surface area (Å²) in [5.74, 6) is 1.16. The van der Waals surface area contributed by atoms with E-state index in [1.807, 2.05) is 24.3 Å². The predicted octanol–water partition coefficient (Wildman–Crippen LogP) is 2.80. The summed E-state index contributed by atoms with van der Waals surface area (Å²) in [6.45, 7) is 3.12. The fraction of sp³-hybridized carbons (Fsp3) is 0.529. The van der Waals surface area contributed by atoms with E-state index in [1.54, 1.807) is 14.0 Å². The van der Waals surface area contributed by atoms with Crippen LogP contribution in [0.4, 0.5) is 0 Å². The molecule has 0 aliphatic carbocycles. The second kappa shape index (κ2) is 11.9. The number of ketones is 2. The van der Waals surface area contributed by atoms with Crippen molar-refractivity contribution in [3.63, 3.8) is 0 Å². The summed E-state index contributed by atoms with van der Waals surface area (Å²) in [5.41, 5.74) is 1.18. The van der Waals surface area contributed by atoms with Crippen LogP contribution in [0.2, 0.25) is 0 Å². The molecule has 0 N–H and O–H groups in total. The van der Waals surface area contributed by atoms with Crippen LogP contribution in [-0.4, -0.2) is 39.2 Å². The third kappa shape index (κ3) is 10.1. The fourth-order valence-electron chi connectivity index (χ4n) is 1.61. The lowest BCUT2D eigenvalue weighted by Crippen LogP contribution is -2.16. The molecule has 124 valence electrons. The maximum Gasteiger partial charge on any atom is 0.163 e. The summed E-state index contributed by atoms with van der Waals surface area (Å²) >= 11 is 0. The van der Waals surface area contributed by atoms with Crippen LogP contribution in [-0.2, 0) is 25.5 Å². The smallest absolute Gasteiger partial charge is 0.163 e. The number of ether oxygens (including phenoxy) is 3. The first kappa shape index (κ1) is 20.3. The molecule has 1 aromatic carbocycles. The Morgan fingerprint density at radius 2 is 1.50 bits per heavy atom. The van der Waals surface area contributed by atoms with Gasteiger partial charge in [0.25, 0.3) is 0 Å². The number of hydrogen-bond donors (Lipinski definition) is 0. The van der Waals surface area contributed by atoms with Gasteiger partial charge in [0.1, 0.15) is 17.3 Å². The first-order valence-corrected chi connectivity index (χ1v) is 7.10. The van der Waals surface area contributed by atoms with Crippen LogP contribution in [0, 0.1) is 0 Å². The summed E-state index contributed by atoms with van der Waals surface area (Å²) in [5, 5.41) is 0. The highest BCUT2D eigenvalue weighted by molar-refractivity contribution is 5.76. The Bertz CT molecular complexity index is 435. The van der Waals surface area contributed by atoms with Crippen LogP contribution in [0.5, 0.6) is 5.75 Å². The van der Waals surface area contributed by atoms with Gasteiger partial charge in [0.2, 0.25) is 0 Å². The first-order valence-electron chi connectivity index (χ1n) is 7.10. The van der Waals surface area contributed by atoms with E-state index >= 15 is 0 Å². The van der Waals surface area contributed by atoms with Crippen LogP contribution in [0.1, 0.15) is 32.3 Å². The van der Waals surface area contributed by atoms with Crippen LogP contribution in [0.3, 0.4) is 0 Å². The van der Waals surface area contributed by atoms with E-state index in [2.05, 4.69) is 0 Å². The lowest BCUT2D eigenvalue weighted by molar-refractivity contribution is -0.135. The van der Waals surface area contributed by atoms with Crippen molar-refractivity contribution in [1.29, 1.82) is 0 Å². The highest BCUT2D eigenvalue weighted by atomic mass is 16.7. The minimum absolute atomic E-state index is 0.0729. The maximum atomic E-state index is 10.7. The predicted molar refractivity (Wildman–Crippen MR) is 85.1 cm³/mol. The second-order valence-electron chi connectivity index (χ2n) is 4.86. The fourth-order valence-corrected chi connectivity index (χ4v) is 1.61. The van der Waals surface area contributed by atoms with Crippen LogP contribution < -0.4 is 4.74 Å².